The van der Waals surface area contributed by atoms with Crippen LogP contribution >= 0.6 is 0 Å². The van der Waals surface area contributed by atoms with E-state index >= 15 is 0 Å². The SMILES string of the molecule is COc1ccc(NC(=O)N2CCN(C(=O)c3ccc(C(C)(C)C)cc3)C2C(=O)NC2CCC(N)CC2)cc1. The smallest absolute Gasteiger partial charge is 0.323 e. The Kier molecular flexibility index (Phi) is 8.26. The van der Waals surface area contributed by atoms with Gasteiger partial charge in [-0.1, -0.05) is 32.9 Å². The van der Waals surface area contributed by atoms with Gasteiger partial charge in [-0.25, -0.2) is 4.79 Å². The highest BCUT2D eigenvalue weighted by atomic mass is 16.5. The van der Waals surface area contributed by atoms with Gasteiger partial charge in [0.05, 0.1) is 7.11 Å². The van der Waals surface area contributed by atoms with Crippen LogP contribution in [0.1, 0.15) is 62.4 Å². The van der Waals surface area contributed by atoms with Gasteiger partial charge >= 0.3 is 6.03 Å². The fraction of sp³-hybridized carbons (Fsp3) is 0.483. The molecule has 9 nitrogen and oxygen atoms in total. The van der Waals surface area contributed by atoms with Gasteiger partial charge in [0, 0.05) is 36.4 Å². The van der Waals surface area contributed by atoms with Crippen molar-refractivity contribution >= 4 is 23.5 Å². The Bertz CT molecular complexity index is 1140. The molecule has 1 aliphatic heterocycles. The molecule has 1 unspecified atom stereocenters. The van der Waals surface area contributed by atoms with Gasteiger partial charge in [0.1, 0.15) is 5.75 Å². The maximum absolute atomic E-state index is 13.6. The lowest BCUT2D eigenvalue weighted by molar-refractivity contribution is -0.128. The number of hydrogen-bond donors (Lipinski definition) is 3. The first kappa shape index (κ1) is 27.4. The molecular formula is C29H39N5O4. The first-order valence-corrected chi connectivity index (χ1v) is 13.3. The number of anilines is 1. The van der Waals surface area contributed by atoms with E-state index < -0.39 is 12.2 Å². The second kappa shape index (κ2) is 11.4. The van der Waals surface area contributed by atoms with E-state index in [9.17, 15) is 14.4 Å². The summed E-state index contributed by atoms with van der Waals surface area (Å²) < 4.78 is 5.18. The predicted octanol–water partition coefficient (Wildman–Crippen LogP) is 3.69. The lowest BCUT2D eigenvalue weighted by Gasteiger charge is -2.33. The quantitative estimate of drug-likeness (QED) is 0.555. The van der Waals surface area contributed by atoms with Crippen molar-refractivity contribution < 1.29 is 19.1 Å². The highest BCUT2D eigenvalue weighted by Crippen LogP contribution is 2.25. The summed E-state index contributed by atoms with van der Waals surface area (Å²) in [7, 11) is 1.57. The average Bonchev–Trinajstić information content (AvgIpc) is 3.35. The summed E-state index contributed by atoms with van der Waals surface area (Å²) in [6, 6.07) is 14.1. The van der Waals surface area contributed by atoms with Crippen LogP contribution in [0.5, 0.6) is 5.75 Å². The number of carbonyl (C=O) groups is 3. The third-order valence-electron chi connectivity index (χ3n) is 7.39. The van der Waals surface area contributed by atoms with Crippen LogP contribution < -0.4 is 21.1 Å². The fourth-order valence-corrected chi connectivity index (χ4v) is 5.02. The van der Waals surface area contributed by atoms with Crippen LogP contribution in [0.4, 0.5) is 10.5 Å². The molecule has 0 spiro atoms. The van der Waals surface area contributed by atoms with Crippen molar-refractivity contribution in [2.75, 3.05) is 25.5 Å². The minimum atomic E-state index is -1.06. The Morgan fingerprint density at radius 2 is 1.50 bits per heavy atom. The Morgan fingerprint density at radius 1 is 0.895 bits per heavy atom. The van der Waals surface area contributed by atoms with E-state index in [0.717, 1.165) is 31.2 Å². The van der Waals surface area contributed by atoms with Crippen LogP contribution in [-0.4, -0.2) is 66.1 Å². The van der Waals surface area contributed by atoms with Crippen molar-refractivity contribution in [1.82, 2.24) is 15.1 Å². The molecule has 2 fully saturated rings. The molecule has 2 aromatic rings. The second-order valence-corrected chi connectivity index (χ2v) is 11.2. The van der Waals surface area contributed by atoms with Crippen molar-refractivity contribution in [3.05, 3.63) is 59.7 Å². The van der Waals surface area contributed by atoms with Gasteiger partial charge in [-0.15, -0.1) is 0 Å². The summed E-state index contributed by atoms with van der Waals surface area (Å²) >= 11 is 0. The zero-order valence-corrected chi connectivity index (χ0v) is 22.7. The molecule has 0 bridgehead atoms. The Balaban J connectivity index is 1.55. The van der Waals surface area contributed by atoms with Gasteiger partial charge in [-0.05, 0) is 73.1 Å². The number of hydrogen-bond acceptors (Lipinski definition) is 5. The zero-order valence-electron chi connectivity index (χ0n) is 22.7. The number of nitrogens with zero attached hydrogens (tertiary/aromatic N) is 2. The van der Waals surface area contributed by atoms with E-state index in [-0.39, 0.29) is 42.4 Å². The topological polar surface area (TPSA) is 117 Å². The van der Waals surface area contributed by atoms with Gasteiger partial charge in [-0.3, -0.25) is 14.5 Å². The summed E-state index contributed by atoms with van der Waals surface area (Å²) in [5.41, 5.74) is 8.15. The molecule has 1 aliphatic carbocycles. The van der Waals surface area contributed by atoms with Crippen LogP contribution in [0, 0.1) is 0 Å². The van der Waals surface area contributed by atoms with Crippen LogP contribution in [0.25, 0.3) is 0 Å². The molecule has 9 heteroatoms. The third-order valence-corrected chi connectivity index (χ3v) is 7.39. The van der Waals surface area contributed by atoms with Crippen molar-refractivity contribution in [3.8, 4) is 5.75 Å². The zero-order chi connectivity index (χ0) is 27.4. The average molecular weight is 522 g/mol. The first-order valence-electron chi connectivity index (χ1n) is 13.3. The highest BCUT2D eigenvalue weighted by Gasteiger charge is 2.43. The molecule has 2 aromatic carbocycles. The standard InChI is InChI=1S/C29H39N5O4/c1-29(2,3)20-7-5-19(6-8-20)27(36)33-17-18-34(28(37)32-23-13-15-24(38-4)16-14-23)26(33)25(35)31-22-11-9-21(30)10-12-22/h5-8,13-16,21-22,26H,9-12,17-18,30H2,1-4H3,(H,31,35)(H,32,37). The van der Waals surface area contributed by atoms with Crippen molar-refractivity contribution in [2.45, 2.75) is 70.1 Å². The molecule has 1 saturated carbocycles. The van der Waals surface area contributed by atoms with E-state index in [1.807, 2.05) is 12.1 Å². The molecule has 1 saturated heterocycles. The summed E-state index contributed by atoms with van der Waals surface area (Å²) in [5.74, 6) is 0.0337. The number of nitrogens with two attached hydrogens (primary N) is 1. The summed E-state index contributed by atoms with van der Waals surface area (Å²) in [4.78, 5) is 43.5. The van der Waals surface area contributed by atoms with Gasteiger partial charge in [-0.2, -0.15) is 0 Å². The number of benzene rings is 2. The molecule has 1 heterocycles. The Morgan fingerprint density at radius 3 is 2.08 bits per heavy atom. The highest BCUT2D eigenvalue weighted by molar-refractivity contribution is 6.00. The molecule has 2 aliphatic rings. The third kappa shape index (κ3) is 6.27. The number of carbonyl (C=O) groups excluding carboxylic acids is 3. The first-order chi connectivity index (χ1) is 18.1. The molecule has 204 valence electrons. The number of nitrogens with one attached hydrogen (secondary N) is 2. The van der Waals surface area contributed by atoms with Crippen LogP contribution in [0.3, 0.4) is 0 Å². The summed E-state index contributed by atoms with van der Waals surface area (Å²) in [5, 5.41) is 5.93. The predicted molar refractivity (Wildman–Crippen MR) is 147 cm³/mol. The summed E-state index contributed by atoms with van der Waals surface area (Å²) in [6.45, 7) is 6.83. The molecule has 4 amide bonds. The number of amides is 4. The molecule has 38 heavy (non-hydrogen) atoms. The largest absolute Gasteiger partial charge is 0.497 e. The molecule has 0 radical (unpaired) electrons. The van der Waals surface area contributed by atoms with Gasteiger partial charge < -0.3 is 26.0 Å². The Labute approximate surface area is 224 Å². The Hall–Kier alpha value is -3.59. The van der Waals surface area contributed by atoms with Crippen LogP contribution in [0.15, 0.2) is 48.5 Å². The molecule has 4 N–H and O–H groups in total. The minimum absolute atomic E-state index is 0.0302. The molecular weight excluding hydrogens is 482 g/mol. The number of methoxy groups -OCH3 is 1. The monoisotopic (exact) mass is 521 g/mol. The van der Waals surface area contributed by atoms with Crippen molar-refractivity contribution in [3.63, 3.8) is 0 Å². The number of urea groups is 1. The normalized spacial score (nSPS) is 21.7. The summed E-state index contributed by atoms with van der Waals surface area (Å²) in [6.07, 6.45) is 2.17. The van der Waals surface area contributed by atoms with E-state index in [4.69, 9.17) is 10.5 Å². The van der Waals surface area contributed by atoms with E-state index in [0.29, 0.717) is 17.0 Å². The molecule has 1 atom stereocenters. The van der Waals surface area contributed by atoms with E-state index in [1.54, 1.807) is 43.5 Å². The fourth-order valence-electron chi connectivity index (χ4n) is 5.02. The van der Waals surface area contributed by atoms with Gasteiger partial charge in [0.15, 0.2) is 6.17 Å². The van der Waals surface area contributed by atoms with Crippen LogP contribution in [-0.2, 0) is 10.2 Å². The van der Waals surface area contributed by atoms with Crippen molar-refractivity contribution in [2.24, 2.45) is 5.73 Å². The molecule has 4 rings (SSSR count). The van der Waals surface area contributed by atoms with Gasteiger partial charge in [0.2, 0.25) is 0 Å². The maximum Gasteiger partial charge on any atom is 0.323 e. The lowest BCUT2D eigenvalue weighted by atomic mass is 9.86. The minimum Gasteiger partial charge on any atom is -0.497 e. The van der Waals surface area contributed by atoms with Crippen molar-refractivity contribution in [1.29, 1.82) is 0 Å². The van der Waals surface area contributed by atoms with Crippen LogP contribution in [0.2, 0.25) is 0 Å². The van der Waals surface area contributed by atoms with Gasteiger partial charge in [0.25, 0.3) is 11.8 Å². The number of ether oxygens (including phenoxy) is 1. The number of rotatable bonds is 5. The van der Waals surface area contributed by atoms with E-state index in [1.165, 1.54) is 9.80 Å². The lowest BCUT2D eigenvalue weighted by Crippen LogP contribution is -2.56. The maximum atomic E-state index is 13.6. The van der Waals surface area contributed by atoms with E-state index in [2.05, 4.69) is 31.4 Å². The second-order valence-electron chi connectivity index (χ2n) is 11.2. The molecule has 0 aromatic heterocycles.